The van der Waals surface area contributed by atoms with E-state index >= 15 is 0 Å². The van der Waals surface area contributed by atoms with Crippen LogP contribution in [0.4, 0.5) is 4.79 Å². The number of hydrogen-bond acceptors (Lipinski definition) is 10. The third kappa shape index (κ3) is 13.6. The Hall–Kier alpha value is -5.18. The lowest BCUT2D eigenvalue weighted by Crippen LogP contribution is -2.57. The Morgan fingerprint density at radius 1 is 0.739 bits per heavy atom. The molecule has 2 aromatic rings. The first-order valence-electron chi connectivity index (χ1n) is 14.5. The fourth-order valence-electron chi connectivity index (χ4n) is 4.06. The Morgan fingerprint density at radius 3 is 1.96 bits per heavy atom. The first kappa shape index (κ1) is 37.0. The molecule has 0 saturated heterocycles. The summed E-state index contributed by atoms with van der Waals surface area (Å²) in [4.78, 5) is 74.8. The van der Waals surface area contributed by atoms with Crippen LogP contribution < -0.4 is 26.6 Å². The van der Waals surface area contributed by atoms with Crippen LogP contribution >= 0.6 is 0 Å². The summed E-state index contributed by atoms with van der Waals surface area (Å²) in [5.41, 5.74) is 1.39. The number of hydrogen-bond donors (Lipinski definition) is 7. The number of methoxy groups -OCH3 is 1. The van der Waals surface area contributed by atoms with Crippen LogP contribution in [0.5, 0.6) is 5.75 Å². The van der Waals surface area contributed by atoms with Gasteiger partial charge in [0.1, 0.15) is 37.0 Å². The number of carbonyl (C=O) groups is 6. The smallest absolute Gasteiger partial charge is 0.407 e. The van der Waals surface area contributed by atoms with Crippen molar-refractivity contribution >= 4 is 35.7 Å². The number of phenolic OH excluding ortho intramolecular Hbond substituents is 1. The van der Waals surface area contributed by atoms with E-state index in [4.69, 9.17) is 9.47 Å². The molecule has 0 saturated carbocycles. The van der Waals surface area contributed by atoms with E-state index in [9.17, 15) is 39.0 Å². The third-order valence-corrected chi connectivity index (χ3v) is 6.40. The highest BCUT2D eigenvalue weighted by Gasteiger charge is 2.30. The summed E-state index contributed by atoms with van der Waals surface area (Å²) in [7, 11) is 1.17. The minimum absolute atomic E-state index is 0.00661. The van der Waals surface area contributed by atoms with E-state index in [1.807, 2.05) is 19.9 Å². The van der Waals surface area contributed by atoms with Crippen LogP contribution in [0.25, 0.3) is 0 Å². The number of nitrogens with one attached hydrogen (secondary N) is 5. The SMILES string of the molecule is COC(=O)[C@H](Cc1ccc(O)cc1)NC(=O)[C@H](CC(C)C)NC(=O)[C@H](CO)NC(=O)CNC(=O)CNC(=O)OCc1ccccc1. The normalized spacial score (nSPS) is 12.5. The highest BCUT2D eigenvalue weighted by Crippen LogP contribution is 2.13. The van der Waals surface area contributed by atoms with Gasteiger partial charge >= 0.3 is 12.1 Å². The molecule has 46 heavy (non-hydrogen) atoms. The van der Waals surface area contributed by atoms with Gasteiger partial charge in [0, 0.05) is 6.42 Å². The van der Waals surface area contributed by atoms with Crippen LogP contribution in [0.15, 0.2) is 54.6 Å². The molecule has 3 atom stereocenters. The van der Waals surface area contributed by atoms with E-state index < -0.39 is 73.5 Å². The zero-order chi connectivity index (χ0) is 34.1. The molecule has 0 heterocycles. The fraction of sp³-hybridized carbons (Fsp3) is 0.419. The Kier molecular flexibility index (Phi) is 15.5. The predicted octanol–water partition coefficient (Wildman–Crippen LogP) is -0.357. The number of esters is 1. The van der Waals surface area contributed by atoms with E-state index in [1.54, 1.807) is 36.4 Å². The molecule has 0 aromatic heterocycles. The molecule has 0 aliphatic heterocycles. The van der Waals surface area contributed by atoms with Crippen molar-refractivity contribution in [3.63, 3.8) is 0 Å². The molecule has 5 amide bonds. The fourth-order valence-corrected chi connectivity index (χ4v) is 4.06. The summed E-state index contributed by atoms with van der Waals surface area (Å²) >= 11 is 0. The number of amides is 5. The van der Waals surface area contributed by atoms with Gasteiger partial charge < -0.3 is 46.3 Å². The number of aromatic hydroxyl groups is 1. The first-order chi connectivity index (χ1) is 21.9. The van der Waals surface area contributed by atoms with Gasteiger partial charge in [0.25, 0.3) is 0 Å². The van der Waals surface area contributed by atoms with Crippen molar-refractivity contribution in [1.82, 2.24) is 26.6 Å². The zero-order valence-electron chi connectivity index (χ0n) is 25.9. The summed E-state index contributed by atoms with van der Waals surface area (Å²) < 4.78 is 9.81. The molecule has 2 rings (SSSR count). The van der Waals surface area contributed by atoms with Crippen molar-refractivity contribution in [2.24, 2.45) is 5.92 Å². The molecule has 0 aliphatic carbocycles. The van der Waals surface area contributed by atoms with Crippen LogP contribution in [0, 0.1) is 5.92 Å². The van der Waals surface area contributed by atoms with Crippen molar-refractivity contribution in [3.8, 4) is 5.75 Å². The molecule has 0 spiro atoms. The number of alkyl carbamates (subject to hydrolysis) is 1. The monoisotopic (exact) mass is 643 g/mol. The maximum absolute atomic E-state index is 13.2. The maximum Gasteiger partial charge on any atom is 0.407 e. The molecular formula is C31H41N5O10. The van der Waals surface area contributed by atoms with E-state index in [2.05, 4.69) is 26.6 Å². The minimum Gasteiger partial charge on any atom is -0.508 e. The van der Waals surface area contributed by atoms with Gasteiger partial charge in [-0.1, -0.05) is 56.3 Å². The summed E-state index contributed by atoms with van der Waals surface area (Å²) in [6, 6.07) is 11.2. The molecule has 250 valence electrons. The quantitative estimate of drug-likeness (QED) is 0.111. The van der Waals surface area contributed by atoms with Crippen molar-refractivity contribution in [3.05, 3.63) is 65.7 Å². The molecule has 0 radical (unpaired) electrons. The molecule has 0 unspecified atom stereocenters. The lowest BCUT2D eigenvalue weighted by molar-refractivity contribution is -0.145. The molecule has 15 nitrogen and oxygen atoms in total. The number of aliphatic hydroxyl groups excluding tert-OH is 1. The van der Waals surface area contributed by atoms with Gasteiger partial charge in [-0.25, -0.2) is 9.59 Å². The van der Waals surface area contributed by atoms with Crippen molar-refractivity contribution in [2.45, 2.75) is 51.4 Å². The summed E-state index contributed by atoms with van der Waals surface area (Å²) in [6.45, 7) is 1.76. The lowest BCUT2D eigenvalue weighted by Gasteiger charge is -2.25. The molecule has 0 aliphatic rings. The van der Waals surface area contributed by atoms with Crippen molar-refractivity contribution < 1.29 is 48.5 Å². The topological polar surface area (TPSA) is 221 Å². The standard InChI is InChI=1S/C31H41N5O10/c1-19(2)13-23(28(41)36-24(30(43)45-3)14-20-9-11-22(38)12-10-20)35-29(42)25(17-37)34-27(40)16-32-26(39)15-33-31(44)46-18-21-7-5-4-6-8-21/h4-12,19,23-25,37-38H,13-18H2,1-3H3,(H,32,39)(H,33,44)(H,34,40)(H,35,42)(H,36,41)/t23-,24-,25-/m0/s1. The van der Waals surface area contributed by atoms with Crippen LogP contribution in [-0.2, 0) is 46.5 Å². The number of phenols is 1. The molecule has 0 bridgehead atoms. The Bertz CT molecular complexity index is 1320. The average Bonchev–Trinajstić information content (AvgIpc) is 3.04. The van der Waals surface area contributed by atoms with E-state index in [0.717, 1.165) is 5.56 Å². The Balaban J connectivity index is 1.88. The second-order valence-electron chi connectivity index (χ2n) is 10.6. The second-order valence-corrected chi connectivity index (χ2v) is 10.6. The molecule has 0 fully saturated rings. The summed E-state index contributed by atoms with van der Waals surface area (Å²) in [5.74, 6) is -3.87. The molecule has 15 heteroatoms. The molecular weight excluding hydrogens is 602 g/mol. The van der Waals surface area contributed by atoms with Crippen molar-refractivity contribution in [1.29, 1.82) is 0 Å². The van der Waals surface area contributed by atoms with Gasteiger partial charge in [0.15, 0.2) is 0 Å². The number of ether oxygens (including phenoxy) is 2. The Morgan fingerprint density at radius 2 is 1.35 bits per heavy atom. The van der Waals surface area contributed by atoms with Gasteiger partial charge in [0.05, 0.1) is 20.3 Å². The summed E-state index contributed by atoms with van der Waals surface area (Å²) in [5, 5.41) is 31.1. The third-order valence-electron chi connectivity index (χ3n) is 6.40. The minimum atomic E-state index is -1.47. The number of benzene rings is 2. The van der Waals surface area contributed by atoms with Crippen LogP contribution in [-0.4, -0.2) is 90.8 Å². The van der Waals surface area contributed by atoms with Gasteiger partial charge in [-0.3, -0.25) is 19.2 Å². The largest absolute Gasteiger partial charge is 0.508 e. The van der Waals surface area contributed by atoms with Gasteiger partial charge in [-0.05, 0) is 35.6 Å². The predicted molar refractivity (Wildman–Crippen MR) is 164 cm³/mol. The zero-order valence-corrected chi connectivity index (χ0v) is 25.9. The van der Waals surface area contributed by atoms with E-state index in [0.29, 0.717) is 5.56 Å². The van der Waals surface area contributed by atoms with E-state index in [1.165, 1.54) is 19.2 Å². The highest BCUT2D eigenvalue weighted by molar-refractivity contribution is 5.94. The maximum atomic E-state index is 13.2. The molecule has 7 N–H and O–H groups in total. The van der Waals surface area contributed by atoms with Gasteiger partial charge in [-0.2, -0.15) is 0 Å². The second kappa shape index (κ2) is 19.3. The number of rotatable bonds is 17. The number of aliphatic hydroxyl groups is 1. The highest BCUT2D eigenvalue weighted by atomic mass is 16.5. The van der Waals surface area contributed by atoms with Crippen LogP contribution in [0.1, 0.15) is 31.4 Å². The van der Waals surface area contributed by atoms with Crippen LogP contribution in [0.3, 0.4) is 0 Å². The van der Waals surface area contributed by atoms with Crippen molar-refractivity contribution in [2.75, 3.05) is 26.8 Å². The lowest BCUT2D eigenvalue weighted by atomic mass is 10.0. The van der Waals surface area contributed by atoms with E-state index in [-0.39, 0.29) is 31.1 Å². The van der Waals surface area contributed by atoms with Gasteiger partial charge in [0.2, 0.25) is 23.6 Å². The van der Waals surface area contributed by atoms with Gasteiger partial charge in [-0.15, -0.1) is 0 Å². The molecule has 2 aromatic carbocycles. The number of carbonyl (C=O) groups excluding carboxylic acids is 6. The average molecular weight is 644 g/mol. The Labute approximate surface area is 266 Å². The van der Waals surface area contributed by atoms with Crippen LogP contribution in [0.2, 0.25) is 0 Å². The first-order valence-corrected chi connectivity index (χ1v) is 14.5. The summed E-state index contributed by atoms with van der Waals surface area (Å²) in [6.07, 6.45) is -0.626.